The Morgan fingerprint density at radius 2 is 1.57 bits per heavy atom. The van der Waals surface area contributed by atoms with Gasteiger partial charge >= 0.3 is 10.2 Å². The number of hydrogen-bond acceptors (Lipinski definition) is 4. The van der Waals surface area contributed by atoms with E-state index in [-0.39, 0.29) is 24.2 Å². The molecule has 0 saturated carbocycles. The minimum atomic E-state index is -4.09. The monoisotopic (exact) mass is 506 g/mol. The van der Waals surface area contributed by atoms with Crippen molar-refractivity contribution in [3.8, 4) is 0 Å². The van der Waals surface area contributed by atoms with Gasteiger partial charge in [0.25, 0.3) is 0 Å². The Hall–Kier alpha value is -2.98. The summed E-state index contributed by atoms with van der Waals surface area (Å²) in [5.41, 5.74) is 2.00. The lowest BCUT2D eigenvalue weighted by Crippen LogP contribution is -2.54. The molecule has 0 saturated heterocycles. The number of hydrogen-bond donors (Lipinski definition) is 1. The molecule has 2 aromatic rings. The van der Waals surface area contributed by atoms with E-state index in [4.69, 9.17) is 0 Å². The molecule has 0 aliphatic rings. The first kappa shape index (κ1) is 28.3. The van der Waals surface area contributed by atoms with Crippen LogP contribution in [0.4, 0.5) is 10.1 Å². The normalized spacial score (nSPS) is 12.5. The number of benzene rings is 2. The first-order valence-corrected chi connectivity index (χ1v) is 12.9. The number of halogens is 1. The van der Waals surface area contributed by atoms with Gasteiger partial charge in [-0.25, -0.2) is 8.70 Å². The average molecular weight is 507 g/mol. The van der Waals surface area contributed by atoms with Gasteiger partial charge < -0.3 is 10.2 Å². The predicted molar refractivity (Wildman–Crippen MR) is 135 cm³/mol. The molecular formula is C25H35FN4O4S. The maximum Gasteiger partial charge on any atom is 0.304 e. The van der Waals surface area contributed by atoms with Gasteiger partial charge in [-0.2, -0.15) is 12.7 Å². The number of carbonyl (C=O) groups excluding carboxylic acids is 2. The third kappa shape index (κ3) is 7.50. The summed E-state index contributed by atoms with van der Waals surface area (Å²) in [4.78, 5) is 28.1. The van der Waals surface area contributed by atoms with Crippen LogP contribution in [-0.2, 0) is 26.3 Å². The minimum absolute atomic E-state index is 0.127. The van der Waals surface area contributed by atoms with Gasteiger partial charge in [0.15, 0.2) is 0 Å². The SMILES string of the molecule is CC[C@H](C(=O)NC(C)C)N(Cc1ccc(C)cc1)C(=O)CN(c1ccc(F)cc1)S(=O)(=O)N(C)C. The van der Waals surface area contributed by atoms with E-state index in [1.165, 1.54) is 31.1 Å². The molecule has 0 fully saturated rings. The van der Waals surface area contributed by atoms with Gasteiger partial charge in [0.05, 0.1) is 5.69 Å². The van der Waals surface area contributed by atoms with Gasteiger partial charge in [-0.3, -0.25) is 9.59 Å². The largest absolute Gasteiger partial charge is 0.352 e. The van der Waals surface area contributed by atoms with Gasteiger partial charge in [0, 0.05) is 26.7 Å². The van der Waals surface area contributed by atoms with Crippen LogP contribution < -0.4 is 9.62 Å². The number of carbonyl (C=O) groups is 2. The molecule has 0 radical (unpaired) electrons. The number of anilines is 1. The second-order valence-corrected chi connectivity index (χ2v) is 10.9. The molecule has 192 valence electrons. The zero-order chi connectivity index (χ0) is 26.3. The quantitative estimate of drug-likeness (QED) is 0.507. The summed E-state index contributed by atoms with van der Waals surface area (Å²) in [6, 6.07) is 11.5. The highest BCUT2D eigenvalue weighted by molar-refractivity contribution is 7.90. The lowest BCUT2D eigenvalue weighted by Gasteiger charge is -2.34. The molecule has 0 spiro atoms. The topological polar surface area (TPSA) is 90.0 Å². The third-order valence-corrected chi connectivity index (χ3v) is 7.24. The standard InChI is InChI=1S/C25H35FN4O4S/c1-7-23(25(32)27-18(2)3)29(16-20-10-8-19(4)9-11-20)24(31)17-30(35(33,34)28(5)6)22-14-12-21(26)13-15-22/h8-15,18,23H,7,16-17H2,1-6H3,(H,27,32)/t23-/m1/s1. The Balaban J connectivity index is 2.48. The number of aryl methyl sites for hydroxylation is 1. The molecule has 0 aromatic heterocycles. The molecule has 0 aliphatic carbocycles. The molecular weight excluding hydrogens is 471 g/mol. The van der Waals surface area contributed by atoms with Crippen molar-refractivity contribution in [2.24, 2.45) is 0 Å². The summed E-state index contributed by atoms with van der Waals surface area (Å²) < 4.78 is 41.6. The van der Waals surface area contributed by atoms with Crippen LogP contribution in [0.25, 0.3) is 0 Å². The van der Waals surface area contributed by atoms with E-state index in [0.717, 1.165) is 31.9 Å². The number of rotatable bonds is 11. The molecule has 0 bridgehead atoms. The van der Waals surface area contributed by atoms with E-state index in [2.05, 4.69) is 5.32 Å². The number of amides is 2. The predicted octanol–water partition coefficient (Wildman–Crippen LogP) is 3.08. The highest BCUT2D eigenvalue weighted by Gasteiger charge is 2.33. The lowest BCUT2D eigenvalue weighted by molar-refractivity contribution is -0.140. The molecule has 8 nitrogen and oxygen atoms in total. The van der Waals surface area contributed by atoms with E-state index in [0.29, 0.717) is 6.42 Å². The van der Waals surface area contributed by atoms with Gasteiger partial charge in [0.1, 0.15) is 18.4 Å². The molecule has 0 unspecified atom stereocenters. The van der Waals surface area contributed by atoms with Crippen LogP contribution in [0.5, 0.6) is 0 Å². The molecule has 10 heteroatoms. The minimum Gasteiger partial charge on any atom is -0.352 e. The van der Waals surface area contributed by atoms with E-state index >= 15 is 0 Å². The van der Waals surface area contributed by atoms with Gasteiger partial charge in [-0.05, 0) is 57.0 Å². The highest BCUT2D eigenvalue weighted by Crippen LogP contribution is 2.22. The summed E-state index contributed by atoms with van der Waals surface area (Å²) in [6.45, 7) is 6.98. The fourth-order valence-corrected chi connectivity index (χ4v) is 4.57. The van der Waals surface area contributed by atoms with Gasteiger partial charge in [-0.1, -0.05) is 36.8 Å². The van der Waals surface area contributed by atoms with Gasteiger partial charge in [-0.15, -0.1) is 0 Å². The van der Waals surface area contributed by atoms with Gasteiger partial charge in [0.2, 0.25) is 11.8 Å². The number of nitrogens with one attached hydrogen (secondary N) is 1. The van der Waals surface area contributed by atoms with E-state index in [9.17, 15) is 22.4 Å². The third-order valence-electron chi connectivity index (χ3n) is 5.42. The Morgan fingerprint density at radius 3 is 2.06 bits per heavy atom. The first-order chi connectivity index (χ1) is 16.4. The van der Waals surface area contributed by atoms with E-state index in [1.807, 2.05) is 45.0 Å². The maximum absolute atomic E-state index is 13.7. The Kier molecular flexibility index (Phi) is 9.79. The van der Waals surface area contributed by atoms with Crippen molar-refractivity contribution in [2.75, 3.05) is 24.9 Å². The fourth-order valence-electron chi connectivity index (χ4n) is 3.51. The second-order valence-electron chi connectivity index (χ2n) is 8.87. The van der Waals surface area contributed by atoms with Crippen molar-refractivity contribution in [1.82, 2.24) is 14.5 Å². The van der Waals surface area contributed by atoms with Crippen LogP contribution in [0.1, 0.15) is 38.3 Å². The van der Waals surface area contributed by atoms with Crippen molar-refractivity contribution in [3.05, 3.63) is 65.5 Å². The molecule has 2 amide bonds. The molecule has 0 heterocycles. The van der Waals surface area contributed by atoms with Crippen LogP contribution in [0.2, 0.25) is 0 Å². The van der Waals surface area contributed by atoms with Crippen LogP contribution >= 0.6 is 0 Å². The summed E-state index contributed by atoms with van der Waals surface area (Å²) in [7, 11) is -1.38. The van der Waals surface area contributed by atoms with Crippen LogP contribution in [0.3, 0.4) is 0 Å². The summed E-state index contributed by atoms with van der Waals surface area (Å²) in [5, 5.41) is 2.85. The number of nitrogens with zero attached hydrogens (tertiary/aromatic N) is 3. The Bertz CT molecular complexity index is 1100. The fraction of sp³-hybridized carbons (Fsp3) is 0.440. The maximum atomic E-state index is 13.7. The second kappa shape index (κ2) is 12.1. The molecule has 1 N–H and O–H groups in total. The van der Waals surface area contributed by atoms with Crippen molar-refractivity contribution < 1.29 is 22.4 Å². The zero-order valence-electron chi connectivity index (χ0n) is 21.2. The van der Waals surface area contributed by atoms with Crippen molar-refractivity contribution >= 4 is 27.7 Å². The van der Waals surface area contributed by atoms with Crippen molar-refractivity contribution in [1.29, 1.82) is 0 Å². The molecule has 35 heavy (non-hydrogen) atoms. The highest BCUT2D eigenvalue weighted by atomic mass is 32.2. The summed E-state index contributed by atoms with van der Waals surface area (Å²) in [6.07, 6.45) is 0.340. The molecule has 0 aliphatic heterocycles. The molecule has 1 atom stereocenters. The van der Waals surface area contributed by atoms with Crippen LogP contribution in [-0.4, -0.2) is 62.2 Å². The average Bonchev–Trinajstić information content (AvgIpc) is 2.78. The lowest BCUT2D eigenvalue weighted by atomic mass is 10.1. The van der Waals surface area contributed by atoms with Crippen LogP contribution in [0.15, 0.2) is 48.5 Å². The molecule has 2 aromatic carbocycles. The first-order valence-electron chi connectivity index (χ1n) is 11.5. The van der Waals surface area contributed by atoms with Crippen molar-refractivity contribution in [2.45, 2.75) is 52.7 Å². The summed E-state index contributed by atoms with van der Waals surface area (Å²) in [5.74, 6) is -1.39. The Labute approximate surface area is 207 Å². The summed E-state index contributed by atoms with van der Waals surface area (Å²) >= 11 is 0. The van der Waals surface area contributed by atoms with E-state index < -0.39 is 34.5 Å². The smallest absolute Gasteiger partial charge is 0.304 e. The van der Waals surface area contributed by atoms with E-state index in [1.54, 1.807) is 6.92 Å². The Morgan fingerprint density at radius 1 is 1.00 bits per heavy atom. The molecule has 2 rings (SSSR count). The van der Waals surface area contributed by atoms with Crippen molar-refractivity contribution in [3.63, 3.8) is 0 Å². The zero-order valence-corrected chi connectivity index (χ0v) is 22.0. The van der Waals surface area contributed by atoms with Crippen LogP contribution in [0, 0.1) is 12.7 Å².